The summed E-state index contributed by atoms with van der Waals surface area (Å²) < 4.78 is 41.7. The molecule has 2 atom stereocenters. The van der Waals surface area contributed by atoms with Crippen LogP contribution in [-0.2, 0) is 29.1 Å². The van der Waals surface area contributed by atoms with Crippen LogP contribution in [0.15, 0.2) is 46.9 Å². The van der Waals surface area contributed by atoms with Gasteiger partial charge in [0.2, 0.25) is 11.9 Å². The fourth-order valence-corrected chi connectivity index (χ4v) is 5.75. The van der Waals surface area contributed by atoms with Gasteiger partial charge >= 0.3 is 10.4 Å². The van der Waals surface area contributed by atoms with E-state index >= 15 is 0 Å². The van der Waals surface area contributed by atoms with E-state index in [2.05, 4.69) is 40.4 Å². The van der Waals surface area contributed by atoms with E-state index < -0.39 is 46.1 Å². The van der Waals surface area contributed by atoms with Crippen LogP contribution in [0.1, 0.15) is 37.9 Å². The van der Waals surface area contributed by atoms with Gasteiger partial charge in [0, 0.05) is 36.0 Å². The van der Waals surface area contributed by atoms with Crippen LogP contribution in [0, 0.1) is 5.92 Å². The minimum atomic E-state index is -4.96. The monoisotopic (exact) mass is 674 g/mol. The standard InChI is InChI=1S/C26H30N10O8S2/c1-26(2)17(24(38)36(26)44-46(39,40)41)11-20(37)22(19-13-45-25(28)30-19)33-43-21(23-31-34-35-32-23)12-42-15-6-7-16-14(10-15)4-3-5-18(16)29-9-8-27/h3-7,10,13,17,21,29H,8-9,11-12,27H2,1-2H3,(H2,28,30)(H,39,40,41)(H,31,32,34,35)/b33-22-/t17?,21-/m0/s1. The highest BCUT2D eigenvalue weighted by atomic mass is 32.3. The number of hydrogen-bond acceptors (Lipinski definition) is 16. The number of anilines is 2. The number of tetrazole rings is 1. The Bertz CT molecular complexity index is 1860. The lowest BCUT2D eigenvalue weighted by Crippen LogP contribution is -2.68. The second-order valence-electron chi connectivity index (χ2n) is 10.6. The maximum atomic E-state index is 13.5. The summed E-state index contributed by atoms with van der Waals surface area (Å²) in [5.41, 5.74) is 10.9. The fourth-order valence-electron chi connectivity index (χ4n) is 4.74. The Hall–Kier alpha value is -4.76. The van der Waals surface area contributed by atoms with E-state index in [9.17, 15) is 18.0 Å². The van der Waals surface area contributed by atoms with Crippen LogP contribution in [0.5, 0.6) is 5.75 Å². The maximum Gasteiger partial charge on any atom is 0.418 e. The number of fused-ring (bicyclic) bond motifs is 1. The van der Waals surface area contributed by atoms with Gasteiger partial charge in [-0.3, -0.25) is 14.1 Å². The molecule has 5 rings (SSSR count). The lowest BCUT2D eigenvalue weighted by atomic mass is 9.74. The SMILES string of the molecule is CC1(C)C(CC(=O)/C(=N\O[C@@H](COc2ccc3c(NCCN)cccc3c2)c2nn[nH]n2)c2csc(N)n2)C(=O)N1OS(=O)(=O)O. The zero-order valence-corrected chi connectivity index (χ0v) is 26.1. The molecule has 2 aromatic carbocycles. The molecule has 1 fully saturated rings. The largest absolute Gasteiger partial charge is 0.489 e. The number of carbonyl (C=O) groups excluding carboxylic acids is 2. The number of H-pyrrole nitrogens is 1. The van der Waals surface area contributed by atoms with Gasteiger partial charge in [-0.15, -0.1) is 25.8 Å². The van der Waals surface area contributed by atoms with Crippen molar-refractivity contribution < 1.29 is 36.4 Å². The van der Waals surface area contributed by atoms with Gasteiger partial charge in [-0.25, -0.2) is 4.98 Å². The van der Waals surface area contributed by atoms with Crippen LogP contribution in [0.25, 0.3) is 10.8 Å². The molecule has 0 spiro atoms. The fraction of sp³-hybridized carbons (Fsp3) is 0.346. The molecule has 20 heteroatoms. The number of thiazole rings is 1. The number of ketones is 1. The van der Waals surface area contributed by atoms with E-state index in [1.54, 1.807) is 6.07 Å². The Balaban J connectivity index is 1.35. The molecule has 0 radical (unpaired) electrons. The molecule has 4 aromatic rings. The molecular formula is C26H30N10O8S2. The number of ether oxygens (including phenoxy) is 1. The average Bonchev–Trinajstić information content (AvgIpc) is 3.71. The summed E-state index contributed by atoms with van der Waals surface area (Å²) in [6, 6.07) is 11.3. The number of aromatic amines is 1. The second kappa shape index (κ2) is 13.3. The summed E-state index contributed by atoms with van der Waals surface area (Å²) in [4.78, 5) is 36.0. The molecular weight excluding hydrogens is 644 g/mol. The highest BCUT2D eigenvalue weighted by Gasteiger charge is 2.57. The van der Waals surface area contributed by atoms with Crippen molar-refractivity contribution in [1.29, 1.82) is 0 Å². The number of carbonyl (C=O) groups is 2. The van der Waals surface area contributed by atoms with Gasteiger partial charge in [0.1, 0.15) is 18.1 Å². The molecule has 7 N–H and O–H groups in total. The van der Waals surface area contributed by atoms with Gasteiger partial charge in [-0.1, -0.05) is 22.5 Å². The third kappa shape index (κ3) is 7.21. The normalized spacial score (nSPS) is 17.0. The van der Waals surface area contributed by atoms with Crippen molar-refractivity contribution in [3.63, 3.8) is 0 Å². The minimum absolute atomic E-state index is 0.0794. The van der Waals surface area contributed by atoms with Gasteiger partial charge in [0.15, 0.2) is 16.6 Å². The van der Waals surface area contributed by atoms with Crippen LogP contribution in [0.3, 0.4) is 0 Å². The predicted molar refractivity (Wildman–Crippen MR) is 165 cm³/mol. The number of nitrogens with zero attached hydrogens (tertiary/aromatic N) is 6. The molecule has 1 aliphatic heterocycles. The summed E-state index contributed by atoms with van der Waals surface area (Å²) in [7, 11) is -4.96. The van der Waals surface area contributed by atoms with E-state index in [0.29, 0.717) is 23.9 Å². The summed E-state index contributed by atoms with van der Waals surface area (Å²) in [6.07, 6.45) is -1.47. The van der Waals surface area contributed by atoms with E-state index in [0.717, 1.165) is 27.8 Å². The highest BCUT2D eigenvalue weighted by Crippen LogP contribution is 2.40. The molecule has 46 heavy (non-hydrogen) atoms. The number of nitrogen functional groups attached to an aromatic ring is 1. The summed E-state index contributed by atoms with van der Waals surface area (Å²) >= 11 is 1.05. The zero-order chi connectivity index (χ0) is 33.1. The molecule has 2 aromatic heterocycles. The molecule has 1 unspecified atom stereocenters. The molecule has 18 nitrogen and oxygen atoms in total. The van der Waals surface area contributed by atoms with E-state index in [4.69, 9.17) is 25.6 Å². The number of aromatic nitrogens is 5. The van der Waals surface area contributed by atoms with E-state index in [1.165, 1.54) is 19.2 Å². The number of nitrogens with one attached hydrogen (secondary N) is 2. The zero-order valence-electron chi connectivity index (χ0n) is 24.5. The number of amides is 1. The van der Waals surface area contributed by atoms with Crippen molar-refractivity contribution in [3.8, 4) is 5.75 Å². The van der Waals surface area contributed by atoms with E-state index in [-0.39, 0.29) is 29.0 Å². The number of β-lactam (4-membered cyclic amide) rings is 1. The maximum absolute atomic E-state index is 13.5. The highest BCUT2D eigenvalue weighted by molar-refractivity contribution is 7.80. The lowest BCUT2D eigenvalue weighted by Gasteiger charge is -2.50. The summed E-state index contributed by atoms with van der Waals surface area (Å²) in [5.74, 6) is -1.92. The van der Waals surface area contributed by atoms with Crippen molar-refractivity contribution >= 4 is 60.7 Å². The van der Waals surface area contributed by atoms with Crippen molar-refractivity contribution in [3.05, 3.63) is 53.3 Å². The first-order valence-electron chi connectivity index (χ1n) is 13.7. The van der Waals surface area contributed by atoms with Crippen LogP contribution >= 0.6 is 11.3 Å². The molecule has 1 saturated heterocycles. The van der Waals surface area contributed by atoms with Gasteiger partial charge in [0.25, 0.3) is 5.91 Å². The smallest absolute Gasteiger partial charge is 0.418 e. The molecule has 3 heterocycles. The van der Waals surface area contributed by atoms with Crippen LogP contribution in [-0.4, -0.2) is 86.3 Å². The number of Topliss-reactive ketones (excluding diaryl/α,β-unsaturated/α-hetero) is 1. The van der Waals surface area contributed by atoms with Crippen molar-refractivity contribution in [1.82, 2.24) is 30.7 Å². The first-order chi connectivity index (χ1) is 21.9. The van der Waals surface area contributed by atoms with Gasteiger partial charge < -0.3 is 26.4 Å². The molecule has 1 amide bonds. The third-order valence-corrected chi connectivity index (χ3v) is 8.11. The Labute approximate surface area is 266 Å². The van der Waals surface area contributed by atoms with Gasteiger partial charge in [-0.05, 0) is 43.5 Å². The number of benzene rings is 2. The Morgan fingerprint density at radius 1 is 1.30 bits per heavy atom. The molecule has 244 valence electrons. The number of oxime groups is 1. The van der Waals surface area contributed by atoms with Crippen molar-refractivity contribution in [2.75, 3.05) is 30.7 Å². The second-order valence-corrected chi connectivity index (χ2v) is 12.5. The quantitative estimate of drug-likeness (QED) is 0.0514. The van der Waals surface area contributed by atoms with E-state index in [1.807, 2.05) is 30.3 Å². The Kier molecular flexibility index (Phi) is 9.44. The third-order valence-electron chi connectivity index (χ3n) is 7.10. The number of rotatable bonds is 15. The molecule has 0 saturated carbocycles. The van der Waals surface area contributed by atoms with Crippen LogP contribution in [0.4, 0.5) is 10.8 Å². The molecule has 0 bridgehead atoms. The number of nitrogens with two attached hydrogens (primary N) is 2. The molecule has 0 aliphatic carbocycles. The number of hydroxylamine groups is 2. The number of hydrogen-bond donors (Lipinski definition) is 5. The van der Waals surface area contributed by atoms with Crippen LogP contribution in [0.2, 0.25) is 0 Å². The van der Waals surface area contributed by atoms with Crippen molar-refractivity contribution in [2.45, 2.75) is 31.9 Å². The van der Waals surface area contributed by atoms with Crippen LogP contribution < -0.4 is 21.5 Å². The first kappa shape index (κ1) is 32.6. The van der Waals surface area contributed by atoms with Crippen molar-refractivity contribution in [2.24, 2.45) is 16.8 Å². The lowest BCUT2D eigenvalue weighted by molar-refractivity contribution is -0.228. The summed E-state index contributed by atoms with van der Waals surface area (Å²) in [6.45, 7) is 3.91. The van der Waals surface area contributed by atoms with Gasteiger partial charge in [0.05, 0.1) is 11.5 Å². The Morgan fingerprint density at radius 2 is 2.11 bits per heavy atom. The predicted octanol–water partition coefficient (Wildman–Crippen LogP) is 1.23. The Morgan fingerprint density at radius 3 is 2.76 bits per heavy atom. The molecule has 1 aliphatic rings. The first-order valence-corrected chi connectivity index (χ1v) is 15.9. The minimum Gasteiger partial charge on any atom is -0.489 e. The average molecular weight is 675 g/mol. The van der Waals surface area contributed by atoms with Gasteiger partial charge in [-0.2, -0.15) is 18.7 Å². The topological polar surface area (TPSA) is 263 Å². The summed E-state index contributed by atoms with van der Waals surface area (Å²) in [5, 5.41) is 25.2.